The van der Waals surface area contributed by atoms with Crippen molar-refractivity contribution in [1.82, 2.24) is 15.4 Å². The second-order valence-electron chi connectivity index (χ2n) is 4.87. The summed E-state index contributed by atoms with van der Waals surface area (Å²) in [5.74, 6) is 0.677. The third-order valence-corrected chi connectivity index (χ3v) is 2.90. The van der Waals surface area contributed by atoms with Gasteiger partial charge in [0, 0.05) is 18.2 Å². The zero-order valence-electron chi connectivity index (χ0n) is 12.4. The first kappa shape index (κ1) is 15.4. The van der Waals surface area contributed by atoms with Crippen LogP contribution in [0.1, 0.15) is 36.4 Å². The summed E-state index contributed by atoms with van der Waals surface area (Å²) in [6.45, 7) is 6.53. The Morgan fingerprint density at radius 2 is 2.16 bits per heavy atom. The van der Waals surface area contributed by atoms with Crippen LogP contribution in [0.2, 0.25) is 0 Å². The Morgan fingerprint density at radius 1 is 1.47 bits per heavy atom. The molecule has 1 amide bonds. The molecule has 0 aliphatic carbocycles. The van der Waals surface area contributed by atoms with Crippen LogP contribution in [0.25, 0.3) is 0 Å². The fourth-order valence-electron chi connectivity index (χ4n) is 1.96. The van der Waals surface area contributed by atoms with Gasteiger partial charge in [0.1, 0.15) is 5.76 Å². The number of carbonyl (C=O) groups is 1. The van der Waals surface area contributed by atoms with Crippen molar-refractivity contribution in [2.75, 3.05) is 20.6 Å². The molecule has 0 radical (unpaired) electrons. The highest BCUT2D eigenvalue weighted by molar-refractivity contribution is 5.87. The van der Waals surface area contributed by atoms with E-state index in [1.807, 2.05) is 45.8 Å². The lowest BCUT2D eigenvalue weighted by molar-refractivity contribution is -0.117. The van der Waals surface area contributed by atoms with Crippen molar-refractivity contribution in [2.45, 2.75) is 33.2 Å². The van der Waals surface area contributed by atoms with Crippen molar-refractivity contribution in [3.05, 3.63) is 29.2 Å². The molecule has 106 valence electrons. The fourth-order valence-corrected chi connectivity index (χ4v) is 1.96. The third-order valence-electron chi connectivity index (χ3n) is 2.90. The van der Waals surface area contributed by atoms with E-state index < -0.39 is 0 Å². The number of nitrogens with zero attached hydrogens (tertiary/aromatic N) is 2. The maximum Gasteiger partial charge on any atom is 0.244 e. The molecular formula is C14H23N3O2. The lowest BCUT2D eigenvalue weighted by atomic mass is 10.0. The zero-order valence-corrected chi connectivity index (χ0v) is 12.4. The minimum Gasteiger partial charge on any atom is -0.361 e. The largest absolute Gasteiger partial charge is 0.361 e. The second-order valence-corrected chi connectivity index (χ2v) is 4.87. The molecule has 1 unspecified atom stereocenters. The van der Waals surface area contributed by atoms with Crippen LogP contribution < -0.4 is 5.32 Å². The van der Waals surface area contributed by atoms with Crippen LogP contribution >= 0.6 is 0 Å². The van der Waals surface area contributed by atoms with Gasteiger partial charge in [0.15, 0.2) is 0 Å². The molecule has 1 atom stereocenters. The van der Waals surface area contributed by atoms with E-state index >= 15 is 0 Å². The molecule has 0 aliphatic rings. The Bertz CT molecular complexity index is 430. The van der Waals surface area contributed by atoms with Crippen molar-refractivity contribution < 1.29 is 9.32 Å². The molecule has 0 saturated carbocycles. The first-order chi connectivity index (χ1) is 8.95. The van der Waals surface area contributed by atoms with E-state index in [2.05, 4.69) is 10.5 Å². The number of amides is 1. The number of hydrogen-bond acceptors (Lipinski definition) is 4. The Labute approximate surface area is 114 Å². The molecule has 1 aromatic heterocycles. The van der Waals surface area contributed by atoms with Crippen LogP contribution in [-0.4, -0.2) is 36.6 Å². The highest BCUT2D eigenvalue weighted by Crippen LogP contribution is 2.23. The molecule has 0 aliphatic heterocycles. The number of aryl methyl sites for hydroxylation is 2. The van der Waals surface area contributed by atoms with Gasteiger partial charge in [-0.1, -0.05) is 18.2 Å². The predicted molar refractivity (Wildman–Crippen MR) is 74.8 cm³/mol. The quantitative estimate of drug-likeness (QED) is 0.799. The first-order valence-electron chi connectivity index (χ1n) is 6.50. The number of hydrogen-bond donors (Lipinski definition) is 1. The van der Waals surface area contributed by atoms with E-state index in [1.54, 1.807) is 6.08 Å². The van der Waals surface area contributed by atoms with Gasteiger partial charge < -0.3 is 14.7 Å². The molecule has 1 N–H and O–H groups in total. The maximum atomic E-state index is 11.8. The van der Waals surface area contributed by atoms with Crippen molar-refractivity contribution in [1.29, 1.82) is 0 Å². The summed E-state index contributed by atoms with van der Waals surface area (Å²) in [6, 6.07) is -0.0530. The molecule has 0 bridgehead atoms. The fraction of sp³-hybridized carbons (Fsp3) is 0.571. The van der Waals surface area contributed by atoms with Gasteiger partial charge >= 0.3 is 0 Å². The monoisotopic (exact) mass is 265 g/mol. The average Bonchev–Trinajstić information content (AvgIpc) is 2.66. The minimum atomic E-state index is -0.0892. The van der Waals surface area contributed by atoms with Gasteiger partial charge in [-0.15, -0.1) is 0 Å². The summed E-state index contributed by atoms with van der Waals surface area (Å²) >= 11 is 0. The summed E-state index contributed by atoms with van der Waals surface area (Å²) in [6.07, 6.45) is 4.21. The maximum absolute atomic E-state index is 11.8. The van der Waals surface area contributed by atoms with Crippen molar-refractivity contribution in [3.63, 3.8) is 0 Å². The van der Waals surface area contributed by atoms with Crippen molar-refractivity contribution in [2.24, 2.45) is 0 Å². The lowest BCUT2D eigenvalue weighted by Crippen LogP contribution is -2.27. The molecule has 1 aromatic rings. The van der Waals surface area contributed by atoms with E-state index in [0.717, 1.165) is 30.0 Å². The molecule has 0 aromatic carbocycles. The normalized spacial score (nSPS) is 13.2. The van der Waals surface area contributed by atoms with E-state index in [4.69, 9.17) is 4.52 Å². The van der Waals surface area contributed by atoms with Crippen molar-refractivity contribution in [3.8, 4) is 0 Å². The van der Waals surface area contributed by atoms with Crippen molar-refractivity contribution >= 4 is 5.91 Å². The molecule has 5 nitrogen and oxygen atoms in total. The number of carbonyl (C=O) groups excluding carboxylic acids is 1. The summed E-state index contributed by atoms with van der Waals surface area (Å²) in [5, 5.41) is 6.91. The van der Waals surface area contributed by atoms with Gasteiger partial charge in [-0.2, -0.15) is 0 Å². The smallest absolute Gasteiger partial charge is 0.244 e. The van der Waals surface area contributed by atoms with Crippen LogP contribution in [0, 0.1) is 13.8 Å². The van der Waals surface area contributed by atoms with Crippen LogP contribution in [0.4, 0.5) is 0 Å². The van der Waals surface area contributed by atoms with Crippen LogP contribution in [0.15, 0.2) is 16.7 Å². The number of aromatic nitrogens is 1. The number of likely N-dealkylation sites (N-methyl/N-ethyl adjacent to an activating group) is 1. The topological polar surface area (TPSA) is 58.4 Å². The zero-order chi connectivity index (χ0) is 14.4. The standard InChI is InChI=1S/C14H23N3O2/c1-6-12(14-10(2)16-19-11(14)3)15-13(18)8-7-9-17(4)5/h7-8,12H,6,9H2,1-5H3,(H,15,18)/b8-7+. The summed E-state index contributed by atoms with van der Waals surface area (Å²) in [7, 11) is 3.92. The second kappa shape index (κ2) is 7.09. The molecule has 0 fully saturated rings. The summed E-state index contributed by atoms with van der Waals surface area (Å²) < 4.78 is 5.15. The highest BCUT2D eigenvalue weighted by atomic mass is 16.5. The van der Waals surface area contributed by atoms with E-state index in [1.165, 1.54) is 0 Å². The molecule has 19 heavy (non-hydrogen) atoms. The van der Waals surface area contributed by atoms with Gasteiger partial charge in [-0.25, -0.2) is 0 Å². The van der Waals surface area contributed by atoms with Gasteiger partial charge in [0.05, 0.1) is 11.7 Å². The van der Waals surface area contributed by atoms with Gasteiger partial charge in [-0.05, 0) is 34.4 Å². The van der Waals surface area contributed by atoms with Crippen LogP contribution in [-0.2, 0) is 4.79 Å². The SMILES string of the molecule is CCC(NC(=O)/C=C/CN(C)C)c1c(C)noc1C. The average molecular weight is 265 g/mol. The van der Waals surface area contributed by atoms with E-state index in [-0.39, 0.29) is 11.9 Å². The van der Waals surface area contributed by atoms with Crippen LogP contribution in [0.5, 0.6) is 0 Å². The molecule has 1 rings (SSSR count). The summed E-state index contributed by atoms with van der Waals surface area (Å²) in [4.78, 5) is 13.8. The van der Waals surface area contributed by atoms with Gasteiger partial charge in [0.25, 0.3) is 0 Å². The molecular weight excluding hydrogens is 242 g/mol. The number of nitrogens with one attached hydrogen (secondary N) is 1. The molecule has 0 spiro atoms. The Morgan fingerprint density at radius 3 is 2.63 bits per heavy atom. The molecule has 0 saturated heterocycles. The van der Waals surface area contributed by atoms with Gasteiger partial charge in [-0.3, -0.25) is 4.79 Å². The van der Waals surface area contributed by atoms with Crippen LogP contribution in [0.3, 0.4) is 0 Å². The Balaban J connectivity index is 2.68. The first-order valence-corrected chi connectivity index (χ1v) is 6.50. The van der Waals surface area contributed by atoms with E-state index in [9.17, 15) is 4.79 Å². The molecule has 5 heteroatoms. The highest BCUT2D eigenvalue weighted by Gasteiger charge is 2.19. The third kappa shape index (κ3) is 4.52. The van der Waals surface area contributed by atoms with Gasteiger partial charge in [0.2, 0.25) is 5.91 Å². The number of rotatable bonds is 6. The Hall–Kier alpha value is -1.62. The summed E-state index contributed by atoms with van der Waals surface area (Å²) in [5.41, 5.74) is 1.82. The Kier molecular flexibility index (Phi) is 5.76. The van der Waals surface area contributed by atoms with E-state index in [0.29, 0.717) is 0 Å². The predicted octanol–water partition coefficient (Wildman–Crippen LogP) is 1.98. The minimum absolute atomic E-state index is 0.0530. The molecule has 1 heterocycles. The lowest BCUT2D eigenvalue weighted by Gasteiger charge is -2.15.